The number of rotatable bonds is 7. The van der Waals surface area contributed by atoms with E-state index in [1.165, 1.54) is 7.11 Å². The summed E-state index contributed by atoms with van der Waals surface area (Å²) in [5.74, 6) is 0.580. The van der Waals surface area contributed by atoms with Crippen molar-refractivity contribution < 1.29 is 23.9 Å². The van der Waals surface area contributed by atoms with E-state index < -0.39 is 11.1 Å². The van der Waals surface area contributed by atoms with Crippen molar-refractivity contribution in [1.82, 2.24) is 4.90 Å². The smallest absolute Gasteiger partial charge is 0.293 e. The molecule has 2 amide bonds. The van der Waals surface area contributed by atoms with Gasteiger partial charge in [0, 0.05) is 5.56 Å². The Morgan fingerprint density at radius 3 is 2.29 bits per heavy atom. The van der Waals surface area contributed by atoms with Crippen LogP contribution in [-0.2, 0) is 4.79 Å². The van der Waals surface area contributed by atoms with E-state index in [1.54, 1.807) is 42.5 Å². The fourth-order valence-electron chi connectivity index (χ4n) is 2.63. The fraction of sp³-hybridized carbons (Fsp3) is 0.190. The second-order valence-corrected chi connectivity index (χ2v) is 6.91. The van der Waals surface area contributed by atoms with Crippen LogP contribution in [0.2, 0.25) is 0 Å². The highest BCUT2D eigenvalue weighted by Crippen LogP contribution is 2.32. The molecule has 2 aromatic rings. The number of amides is 2. The summed E-state index contributed by atoms with van der Waals surface area (Å²) < 4.78 is 10.4. The first-order valence-corrected chi connectivity index (χ1v) is 9.49. The molecule has 0 radical (unpaired) electrons. The van der Waals surface area contributed by atoms with Crippen molar-refractivity contribution in [2.45, 2.75) is 6.92 Å². The van der Waals surface area contributed by atoms with Gasteiger partial charge in [-0.15, -0.1) is 0 Å². The van der Waals surface area contributed by atoms with Crippen LogP contribution in [0.1, 0.15) is 22.8 Å². The van der Waals surface area contributed by atoms with Crippen LogP contribution in [-0.4, -0.2) is 42.1 Å². The number of methoxy groups -OCH3 is 1. The van der Waals surface area contributed by atoms with Crippen LogP contribution in [0.25, 0.3) is 6.08 Å². The molecule has 0 atom stereocenters. The highest BCUT2D eigenvalue weighted by atomic mass is 32.2. The van der Waals surface area contributed by atoms with Crippen LogP contribution in [0.4, 0.5) is 4.79 Å². The molecule has 1 heterocycles. The number of Topliss-reactive ketones (excluding diaryl/α,β-unsaturated/α-hetero) is 1. The van der Waals surface area contributed by atoms with E-state index in [0.717, 1.165) is 28.0 Å². The van der Waals surface area contributed by atoms with Gasteiger partial charge in [0.15, 0.2) is 5.78 Å². The SMILES string of the molecule is CCOc1ccc(C=C2SC(=O)N(CC(=O)c3ccc(OC)cc3)C2=O)cc1. The predicted octanol–water partition coefficient (Wildman–Crippen LogP) is 4.01. The number of hydrogen-bond donors (Lipinski definition) is 0. The molecular formula is C21H19NO5S. The van der Waals surface area contributed by atoms with Gasteiger partial charge in [0.25, 0.3) is 11.1 Å². The summed E-state index contributed by atoms with van der Waals surface area (Å²) in [7, 11) is 1.54. The molecule has 0 saturated carbocycles. The Hall–Kier alpha value is -3.06. The lowest BCUT2D eigenvalue weighted by Crippen LogP contribution is -2.33. The second kappa shape index (κ2) is 8.75. The van der Waals surface area contributed by atoms with E-state index in [4.69, 9.17) is 9.47 Å². The molecule has 0 unspecified atom stereocenters. The number of hydrogen-bond acceptors (Lipinski definition) is 6. The maximum atomic E-state index is 12.6. The van der Waals surface area contributed by atoms with Crippen LogP contribution < -0.4 is 9.47 Å². The van der Waals surface area contributed by atoms with Crippen LogP contribution in [0.15, 0.2) is 53.4 Å². The average molecular weight is 397 g/mol. The number of carbonyl (C=O) groups excluding carboxylic acids is 3. The van der Waals surface area contributed by atoms with Gasteiger partial charge < -0.3 is 9.47 Å². The van der Waals surface area contributed by atoms with E-state index in [0.29, 0.717) is 17.9 Å². The van der Waals surface area contributed by atoms with Crippen molar-refractivity contribution in [3.05, 3.63) is 64.6 Å². The first-order chi connectivity index (χ1) is 13.5. The van der Waals surface area contributed by atoms with Crippen LogP contribution >= 0.6 is 11.8 Å². The third kappa shape index (κ3) is 4.43. The molecule has 1 fully saturated rings. The van der Waals surface area contributed by atoms with E-state index in [2.05, 4.69) is 0 Å². The Morgan fingerprint density at radius 1 is 1.04 bits per heavy atom. The summed E-state index contributed by atoms with van der Waals surface area (Å²) in [6.07, 6.45) is 1.64. The molecule has 0 aromatic heterocycles. The average Bonchev–Trinajstić information content (AvgIpc) is 2.97. The third-order valence-corrected chi connectivity index (χ3v) is 4.98. The van der Waals surface area contributed by atoms with Crippen LogP contribution in [0.5, 0.6) is 11.5 Å². The Bertz CT molecular complexity index is 919. The lowest BCUT2D eigenvalue weighted by atomic mass is 10.1. The quantitative estimate of drug-likeness (QED) is 0.519. The van der Waals surface area contributed by atoms with Crippen LogP contribution in [0, 0.1) is 0 Å². The minimum absolute atomic E-state index is 0.289. The molecule has 2 aromatic carbocycles. The standard InChI is InChI=1S/C21H19NO5S/c1-3-27-17-8-4-14(5-9-17)12-19-20(24)22(21(25)28-19)13-18(23)15-6-10-16(26-2)11-7-15/h4-12H,3,13H2,1-2H3. The third-order valence-electron chi connectivity index (χ3n) is 4.08. The molecule has 1 aliphatic heterocycles. The number of nitrogens with zero attached hydrogens (tertiary/aromatic N) is 1. The van der Waals surface area contributed by atoms with Gasteiger partial charge in [-0.25, -0.2) is 0 Å². The summed E-state index contributed by atoms with van der Waals surface area (Å²) in [5, 5.41) is -0.455. The lowest BCUT2D eigenvalue weighted by Gasteiger charge is -2.11. The highest BCUT2D eigenvalue weighted by molar-refractivity contribution is 8.18. The number of ether oxygens (including phenoxy) is 2. The molecule has 3 rings (SSSR count). The molecule has 7 heteroatoms. The molecule has 1 saturated heterocycles. The van der Waals surface area contributed by atoms with Crippen molar-refractivity contribution >= 4 is 34.8 Å². The summed E-state index contributed by atoms with van der Waals surface area (Å²) >= 11 is 0.829. The maximum absolute atomic E-state index is 12.6. The monoisotopic (exact) mass is 397 g/mol. The van der Waals surface area contributed by atoms with Gasteiger partial charge in [-0.05, 0) is 66.7 Å². The van der Waals surface area contributed by atoms with Crippen molar-refractivity contribution in [3.8, 4) is 11.5 Å². The zero-order valence-corrected chi connectivity index (χ0v) is 16.3. The van der Waals surface area contributed by atoms with E-state index in [1.807, 2.05) is 19.1 Å². The van der Waals surface area contributed by atoms with Gasteiger partial charge in [0.2, 0.25) is 0 Å². The lowest BCUT2D eigenvalue weighted by molar-refractivity contribution is -0.122. The van der Waals surface area contributed by atoms with Gasteiger partial charge in [0.05, 0.1) is 25.2 Å². The topological polar surface area (TPSA) is 72.9 Å². The largest absolute Gasteiger partial charge is 0.497 e. The molecule has 6 nitrogen and oxygen atoms in total. The summed E-state index contributed by atoms with van der Waals surface area (Å²) in [5.41, 5.74) is 1.19. The molecule has 1 aliphatic rings. The van der Waals surface area contributed by atoms with Gasteiger partial charge in [-0.3, -0.25) is 19.3 Å². The Morgan fingerprint density at radius 2 is 1.68 bits per heavy atom. The second-order valence-electron chi connectivity index (χ2n) is 5.92. The van der Waals surface area contributed by atoms with Gasteiger partial charge >= 0.3 is 0 Å². The van der Waals surface area contributed by atoms with Crippen molar-refractivity contribution in [2.75, 3.05) is 20.3 Å². The molecule has 0 aliphatic carbocycles. The summed E-state index contributed by atoms with van der Waals surface area (Å²) in [6.45, 7) is 2.18. The molecule has 0 N–H and O–H groups in total. The maximum Gasteiger partial charge on any atom is 0.293 e. The number of thioether (sulfide) groups is 1. The Balaban J connectivity index is 1.71. The zero-order valence-electron chi connectivity index (χ0n) is 15.5. The first kappa shape index (κ1) is 19.7. The molecule has 144 valence electrons. The van der Waals surface area contributed by atoms with Crippen molar-refractivity contribution in [2.24, 2.45) is 0 Å². The van der Waals surface area contributed by atoms with Gasteiger partial charge in [-0.2, -0.15) is 0 Å². The van der Waals surface area contributed by atoms with Crippen molar-refractivity contribution in [1.29, 1.82) is 0 Å². The summed E-state index contributed by atoms with van der Waals surface area (Å²) in [4.78, 5) is 38.5. The van der Waals surface area contributed by atoms with Gasteiger partial charge in [0.1, 0.15) is 11.5 Å². The molecular weight excluding hydrogens is 378 g/mol. The fourth-order valence-corrected chi connectivity index (χ4v) is 3.46. The molecule has 28 heavy (non-hydrogen) atoms. The molecule has 0 spiro atoms. The zero-order chi connectivity index (χ0) is 20.1. The Labute approximate surface area is 167 Å². The van der Waals surface area contributed by atoms with E-state index >= 15 is 0 Å². The minimum atomic E-state index is -0.467. The molecule has 0 bridgehead atoms. The Kier molecular flexibility index (Phi) is 6.16. The number of carbonyl (C=O) groups is 3. The van der Waals surface area contributed by atoms with E-state index in [-0.39, 0.29) is 17.2 Å². The first-order valence-electron chi connectivity index (χ1n) is 8.67. The van der Waals surface area contributed by atoms with E-state index in [9.17, 15) is 14.4 Å². The predicted molar refractivity (Wildman–Crippen MR) is 108 cm³/mol. The van der Waals surface area contributed by atoms with Crippen molar-refractivity contribution in [3.63, 3.8) is 0 Å². The number of benzene rings is 2. The summed E-state index contributed by atoms with van der Waals surface area (Å²) in [6, 6.07) is 13.7. The highest BCUT2D eigenvalue weighted by Gasteiger charge is 2.36. The normalized spacial score (nSPS) is 15.2. The van der Waals surface area contributed by atoms with Crippen LogP contribution in [0.3, 0.4) is 0 Å². The number of ketones is 1. The minimum Gasteiger partial charge on any atom is -0.497 e. The van der Waals surface area contributed by atoms with Gasteiger partial charge in [-0.1, -0.05) is 12.1 Å². The number of imide groups is 1.